The van der Waals surface area contributed by atoms with Crippen LogP contribution in [0.25, 0.3) is 21.6 Å². The summed E-state index contributed by atoms with van der Waals surface area (Å²) in [7, 11) is 1.57. The molecular formula is C24H23ClN6O3S. The number of carbonyl (C=O) groups excluding carboxylic acids is 1. The molecule has 0 radical (unpaired) electrons. The van der Waals surface area contributed by atoms with Gasteiger partial charge in [0.1, 0.15) is 11.6 Å². The Labute approximate surface area is 210 Å². The summed E-state index contributed by atoms with van der Waals surface area (Å²) in [5, 5.41) is 13.5. The van der Waals surface area contributed by atoms with E-state index in [0.717, 1.165) is 24.6 Å². The van der Waals surface area contributed by atoms with E-state index in [9.17, 15) is 9.90 Å². The van der Waals surface area contributed by atoms with E-state index in [1.807, 2.05) is 13.0 Å². The van der Waals surface area contributed by atoms with Gasteiger partial charge in [-0.15, -0.1) is 0 Å². The molecule has 0 spiro atoms. The Morgan fingerprint density at radius 1 is 1.17 bits per heavy atom. The average molecular weight is 511 g/mol. The summed E-state index contributed by atoms with van der Waals surface area (Å²) >= 11 is 7.49. The zero-order chi connectivity index (χ0) is 24.5. The number of aromatic nitrogens is 4. The molecule has 0 atom stereocenters. The van der Waals surface area contributed by atoms with Crippen LogP contribution >= 0.6 is 22.9 Å². The minimum absolute atomic E-state index is 0.263. The fraction of sp³-hybridized carbons (Fsp3) is 0.292. The molecular weight excluding hydrogens is 488 g/mol. The first-order valence-electron chi connectivity index (χ1n) is 11.1. The molecule has 11 heteroatoms. The van der Waals surface area contributed by atoms with Crippen molar-refractivity contribution in [3.05, 3.63) is 52.9 Å². The molecule has 4 heterocycles. The van der Waals surface area contributed by atoms with E-state index in [4.69, 9.17) is 16.3 Å². The normalized spacial score (nSPS) is 14.3. The van der Waals surface area contributed by atoms with Crippen LogP contribution in [0.1, 0.15) is 28.9 Å². The van der Waals surface area contributed by atoms with Gasteiger partial charge in [-0.2, -0.15) is 4.98 Å². The van der Waals surface area contributed by atoms with Crippen LogP contribution < -0.4 is 15.0 Å². The Balaban J connectivity index is 1.43. The molecule has 1 aliphatic rings. The topological polar surface area (TPSA) is 113 Å². The number of halogens is 1. The second-order valence-corrected chi connectivity index (χ2v) is 9.68. The van der Waals surface area contributed by atoms with Gasteiger partial charge in [-0.25, -0.2) is 9.97 Å². The van der Waals surface area contributed by atoms with Crippen LogP contribution in [0.15, 0.2) is 36.7 Å². The number of hydrogen-bond acceptors (Lipinski definition) is 9. The first kappa shape index (κ1) is 23.4. The highest BCUT2D eigenvalue weighted by molar-refractivity contribution is 7.21. The molecule has 1 aliphatic heterocycles. The van der Waals surface area contributed by atoms with E-state index in [0.29, 0.717) is 55.9 Å². The number of rotatable bonds is 5. The quantitative estimate of drug-likeness (QED) is 0.408. The number of nitrogens with one attached hydrogen (secondary N) is 1. The number of methoxy groups -OCH3 is 1. The van der Waals surface area contributed by atoms with Crippen LogP contribution in [-0.4, -0.2) is 57.3 Å². The molecule has 1 aromatic carbocycles. The summed E-state index contributed by atoms with van der Waals surface area (Å²) in [6.07, 6.45) is 4.36. The minimum atomic E-state index is -0.362. The maximum atomic E-state index is 13.3. The SMILES string of the molecule is COc1ccc(Cl)cc1-c1cc(C)ncc1C(=O)Nc1nc2ncc(N3CCC(O)CC3)nc2s1. The standard InChI is InChI=1S/C24H23ClN6O3S/c1-13-9-16(17-10-14(25)3-4-19(17)34-2)18(11-26-13)22(33)30-24-29-21-23(35-24)28-20(12-27-21)31-7-5-15(32)6-8-31/h3-4,9-12,15,32H,5-8H2,1-2H3,(H,27,29,30,33). The van der Waals surface area contributed by atoms with Crippen molar-refractivity contribution in [3.8, 4) is 16.9 Å². The van der Waals surface area contributed by atoms with Crippen LogP contribution in [0, 0.1) is 6.92 Å². The number of aliphatic hydroxyl groups excluding tert-OH is 1. The molecule has 0 saturated carbocycles. The van der Waals surface area contributed by atoms with Crippen LogP contribution in [0.5, 0.6) is 5.75 Å². The number of aliphatic hydroxyl groups is 1. The average Bonchev–Trinajstić information content (AvgIpc) is 3.25. The third-order valence-electron chi connectivity index (χ3n) is 5.86. The Morgan fingerprint density at radius 2 is 1.97 bits per heavy atom. The van der Waals surface area contributed by atoms with Crippen molar-refractivity contribution < 1.29 is 14.6 Å². The van der Waals surface area contributed by atoms with E-state index >= 15 is 0 Å². The van der Waals surface area contributed by atoms with Gasteiger partial charge in [0.25, 0.3) is 5.91 Å². The van der Waals surface area contributed by atoms with Crippen molar-refractivity contribution in [2.24, 2.45) is 0 Å². The number of carbonyl (C=O) groups is 1. The summed E-state index contributed by atoms with van der Waals surface area (Å²) in [6, 6.07) is 7.09. The monoisotopic (exact) mass is 510 g/mol. The van der Waals surface area contributed by atoms with Crippen LogP contribution in [0.2, 0.25) is 5.02 Å². The number of ether oxygens (including phenoxy) is 1. The fourth-order valence-corrected chi connectivity index (χ4v) is 4.99. The van der Waals surface area contributed by atoms with E-state index in [-0.39, 0.29) is 12.0 Å². The molecule has 1 fully saturated rings. The van der Waals surface area contributed by atoms with Gasteiger partial charge >= 0.3 is 0 Å². The van der Waals surface area contributed by atoms with Crippen molar-refractivity contribution in [2.75, 3.05) is 30.4 Å². The molecule has 1 saturated heterocycles. The zero-order valence-corrected chi connectivity index (χ0v) is 20.7. The summed E-state index contributed by atoms with van der Waals surface area (Å²) in [6.45, 7) is 3.30. The minimum Gasteiger partial charge on any atom is -0.496 e. The summed E-state index contributed by atoms with van der Waals surface area (Å²) in [4.78, 5) is 33.9. The maximum absolute atomic E-state index is 13.3. The van der Waals surface area contributed by atoms with E-state index in [1.54, 1.807) is 31.5 Å². The number of thiazole rings is 1. The third kappa shape index (κ3) is 4.90. The first-order chi connectivity index (χ1) is 16.9. The first-order valence-corrected chi connectivity index (χ1v) is 12.3. The van der Waals surface area contributed by atoms with Gasteiger partial charge in [0.2, 0.25) is 0 Å². The number of hydrogen-bond donors (Lipinski definition) is 2. The smallest absolute Gasteiger partial charge is 0.259 e. The Morgan fingerprint density at radius 3 is 2.74 bits per heavy atom. The largest absolute Gasteiger partial charge is 0.496 e. The van der Waals surface area contributed by atoms with Crippen LogP contribution in [-0.2, 0) is 0 Å². The molecule has 0 bridgehead atoms. The van der Waals surface area contributed by atoms with Gasteiger partial charge in [0.15, 0.2) is 15.6 Å². The number of pyridine rings is 1. The fourth-order valence-electron chi connectivity index (χ4n) is 4.03. The lowest BCUT2D eigenvalue weighted by Crippen LogP contribution is -2.36. The number of anilines is 2. The van der Waals surface area contributed by atoms with Crippen molar-refractivity contribution >= 4 is 50.3 Å². The third-order valence-corrected chi connectivity index (χ3v) is 6.95. The molecule has 4 aromatic rings. The highest BCUT2D eigenvalue weighted by Crippen LogP contribution is 2.35. The number of fused-ring (bicyclic) bond motifs is 1. The highest BCUT2D eigenvalue weighted by Gasteiger charge is 2.21. The van der Waals surface area contributed by atoms with Crippen molar-refractivity contribution in [1.29, 1.82) is 0 Å². The van der Waals surface area contributed by atoms with Gasteiger partial charge in [-0.05, 0) is 44.0 Å². The summed E-state index contributed by atoms with van der Waals surface area (Å²) in [5.41, 5.74) is 2.93. The lowest BCUT2D eigenvalue weighted by atomic mass is 9.99. The Hall–Kier alpha value is -3.34. The molecule has 35 heavy (non-hydrogen) atoms. The number of amides is 1. The van der Waals surface area contributed by atoms with Crippen LogP contribution in [0.4, 0.5) is 10.9 Å². The van der Waals surface area contributed by atoms with E-state index < -0.39 is 0 Å². The number of piperidine rings is 1. The second-order valence-electron chi connectivity index (χ2n) is 8.26. The molecule has 9 nitrogen and oxygen atoms in total. The number of nitrogens with zero attached hydrogens (tertiary/aromatic N) is 5. The second kappa shape index (κ2) is 9.73. The maximum Gasteiger partial charge on any atom is 0.259 e. The molecule has 0 unspecified atom stereocenters. The Bertz CT molecular complexity index is 1400. The van der Waals surface area contributed by atoms with Gasteiger partial charge in [0.05, 0.1) is 25.0 Å². The molecule has 2 N–H and O–H groups in total. The summed E-state index contributed by atoms with van der Waals surface area (Å²) < 4.78 is 5.50. The lowest BCUT2D eigenvalue weighted by Gasteiger charge is -2.30. The molecule has 1 amide bonds. The van der Waals surface area contributed by atoms with Crippen molar-refractivity contribution in [1.82, 2.24) is 19.9 Å². The van der Waals surface area contributed by atoms with Gasteiger partial charge < -0.3 is 14.7 Å². The van der Waals surface area contributed by atoms with Gasteiger partial charge in [-0.1, -0.05) is 22.9 Å². The predicted molar refractivity (Wildman–Crippen MR) is 137 cm³/mol. The molecule has 180 valence electrons. The Kier molecular flexibility index (Phi) is 6.50. The van der Waals surface area contributed by atoms with Crippen molar-refractivity contribution in [2.45, 2.75) is 25.9 Å². The molecule has 5 rings (SSSR count). The lowest BCUT2D eigenvalue weighted by molar-refractivity contribution is 0.102. The van der Waals surface area contributed by atoms with Crippen LogP contribution in [0.3, 0.4) is 0 Å². The predicted octanol–water partition coefficient (Wildman–Crippen LogP) is 4.33. The van der Waals surface area contributed by atoms with E-state index in [2.05, 4.69) is 30.2 Å². The van der Waals surface area contributed by atoms with E-state index in [1.165, 1.54) is 17.5 Å². The summed E-state index contributed by atoms with van der Waals surface area (Å²) in [5.74, 6) is 0.975. The number of aryl methyl sites for hydroxylation is 1. The van der Waals surface area contributed by atoms with Gasteiger partial charge in [0, 0.05) is 41.1 Å². The van der Waals surface area contributed by atoms with Gasteiger partial charge in [-0.3, -0.25) is 15.1 Å². The zero-order valence-electron chi connectivity index (χ0n) is 19.2. The molecule has 3 aromatic heterocycles. The number of benzene rings is 1. The molecule has 0 aliphatic carbocycles. The van der Waals surface area contributed by atoms with Crippen molar-refractivity contribution in [3.63, 3.8) is 0 Å². The highest BCUT2D eigenvalue weighted by atomic mass is 35.5.